The van der Waals surface area contributed by atoms with Gasteiger partial charge in [-0.05, 0) is 24.0 Å². The first-order valence-electron chi connectivity index (χ1n) is 4.69. The molecule has 0 saturated carbocycles. The van der Waals surface area contributed by atoms with Gasteiger partial charge in [-0.25, -0.2) is 0 Å². The van der Waals surface area contributed by atoms with Crippen molar-refractivity contribution in [2.24, 2.45) is 0 Å². The lowest BCUT2D eigenvalue weighted by molar-refractivity contribution is 0.199. The van der Waals surface area contributed by atoms with Gasteiger partial charge in [-0.3, -0.25) is 0 Å². The van der Waals surface area contributed by atoms with E-state index in [-0.39, 0.29) is 12.4 Å². The Morgan fingerprint density at radius 1 is 1.27 bits per heavy atom. The van der Waals surface area contributed by atoms with Gasteiger partial charge in [0, 0.05) is 25.1 Å². The van der Waals surface area contributed by atoms with Gasteiger partial charge in [-0.2, -0.15) is 0 Å². The van der Waals surface area contributed by atoms with Gasteiger partial charge in [-0.1, -0.05) is 12.1 Å². The highest BCUT2D eigenvalue weighted by Crippen LogP contribution is 2.14. The lowest BCUT2D eigenvalue weighted by atomic mass is 10.2. The average molecular weight is 248 g/mol. The van der Waals surface area contributed by atoms with Crippen molar-refractivity contribution in [2.45, 2.75) is 11.4 Å². The molecule has 0 bridgehead atoms. The van der Waals surface area contributed by atoms with Crippen molar-refractivity contribution in [1.29, 1.82) is 0 Å². The van der Waals surface area contributed by atoms with Gasteiger partial charge in [0.25, 0.3) is 0 Å². The molecule has 15 heavy (non-hydrogen) atoms. The van der Waals surface area contributed by atoms with Gasteiger partial charge in [0.1, 0.15) is 0 Å². The molecule has 0 saturated heterocycles. The Morgan fingerprint density at radius 2 is 1.93 bits per heavy atom. The van der Waals surface area contributed by atoms with Gasteiger partial charge in [0.05, 0.1) is 6.61 Å². The van der Waals surface area contributed by atoms with Crippen LogP contribution in [0.15, 0.2) is 29.2 Å². The van der Waals surface area contributed by atoms with Gasteiger partial charge in [0.15, 0.2) is 0 Å². The molecule has 0 aliphatic carbocycles. The quantitative estimate of drug-likeness (QED) is 0.617. The molecule has 0 radical (unpaired) electrons. The Bertz CT molecular complexity index is 253. The SMILES string of the molecule is COCCNCc1ccc(SC)cc1.Cl. The highest BCUT2D eigenvalue weighted by atomic mass is 35.5. The molecule has 4 heteroatoms. The van der Waals surface area contributed by atoms with Crippen molar-refractivity contribution in [1.82, 2.24) is 5.32 Å². The van der Waals surface area contributed by atoms with Crippen LogP contribution in [0.1, 0.15) is 5.56 Å². The summed E-state index contributed by atoms with van der Waals surface area (Å²) in [6.07, 6.45) is 2.09. The second kappa shape index (κ2) is 9.04. The highest BCUT2D eigenvalue weighted by Gasteiger charge is 1.93. The molecular weight excluding hydrogens is 230 g/mol. The van der Waals surface area contributed by atoms with Crippen molar-refractivity contribution in [3.8, 4) is 0 Å². The maximum Gasteiger partial charge on any atom is 0.0587 e. The maximum atomic E-state index is 4.95. The Hall–Kier alpha value is -0.220. The summed E-state index contributed by atoms with van der Waals surface area (Å²) in [5.74, 6) is 0. The van der Waals surface area contributed by atoms with Gasteiger partial charge >= 0.3 is 0 Å². The zero-order chi connectivity index (χ0) is 10.2. The van der Waals surface area contributed by atoms with Crippen molar-refractivity contribution in [3.05, 3.63) is 29.8 Å². The highest BCUT2D eigenvalue weighted by molar-refractivity contribution is 7.98. The van der Waals surface area contributed by atoms with Crippen molar-refractivity contribution in [3.63, 3.8) is 0 Å². The number of halogens is 1. The third-order valence-electron chi connectivity index (χ3n) is 1.97. The predicted octanol–water partition coefficient (Wildman–Crippen LogP) is 2.57. The molecule has 0 aliphatic rings. The van der Waals surface area contributed by atoms with Crippen molar-refractivity contribution in [2.75, 3.05) is 26.5 Å². The van der Waals surface area contributed by atoms with Gasteiger partial charge in [0.2, 0.25) is 0 Å². The smallest absolute Gasteiger partial charge is 0.0587 e. The fraction of sp³-hybridized carbons (Fsp3) is 0.455. The minimum atomic E-state index is 0. The summed E-state index contributed by atoms with van der Waals surface area (Å²) in [5, 5.41) is 3.31. The van der Waals surface area contributed by atoms with Crippen LogP contribution in [0.4, 0.5) is 0 Å². The molecule has 1 aromatic carbocycles. The normalized spacial score (nSPS) is 9.73. The Balaban J connectivity index is 0.00000196. The van der Waals surface area contributed by atoms with Crippen LogP contribution < -0.4 is 5.32 Å². The summed E-state index contributed by atoms with van der Waals surface area (Å²) >= 11 is 1.77. The molecular formula is C11H18ClNOS. The lowest BCUT2D eigenvalue weighted by Crippen LogP contribution is -2.18. The van der Waals surface area contributed by atoms with E-state index in [0.29, 0.717) is 0 Å². The van der Waals surface area contributed by atoms with E-state index in [0.717, 1.165) is 19.7 Å². The minimum Gasteiger partial charge on any atom is -0.383 e. The zero-order valence-electron chi connectivity index (χ0n) is 9.16. The van der Waals surface area contributed by atoms with E-state index in [1.54, 1.807) is 18.9 Å². The molecule has 2 nitrogen and oxygen atoms in total. The van der Waals surface area contributed by atoms with Crippen LogP contribution in [0, 0.1) is 0 Å². The molecule has 0 fully saturated rings. The molecule has 0 aliphatic heterocycles. The number of ether oxygens (including phenoxy) is 1. The number of benzene rings is 1. The van der Waals surface area contributed by atoms with Crippen LogP contribution in [0.3, 0.4) is 0 Å². The van der Waals surface area contributed by atoms with Crippen LogP contribution in [-0.2, 0) is 11.3 Å². The number of hydrogen-bond donors (Lipinski definition) is 1. The fourth-order valence-corrected chi connectivity index (χ4v) is 1.56. The molecule has 1 N–H and O–H groups in total. The predicted molar refractivity (Wildman–Crippen MR) is 69.1 cm³/mol. The molecule has 0 heterocycles. The first-order chi connectivity index (χ1) is 6.86. The molecule has 0 spiro atoms. The van der Waals surface area contributed by atoms with Crippen LogP contribution >= 0.6 is 24.2 Å². The summed E-state index contributed by atoms with van der Waals surface area (Å²) in [4.78, 5) is 1.31. The van der Waals surface area contributed by atoms with E-state index in [2.05, 4.69) is 35.8 Å². The van der Waals surface area contributed by atoms with Crippen LogP contribution in [0.25, 0.3) is 0 Å². The third kappa shape index (κ3) is 6.05. The van der Waals surface area contributed by atoms with E-state index in [1.807, 2.05) is 0 Å². The Morgan fingerprint density at radius 3 is 2.47 bits per heavy atom. The summed E-state index contributed by atoms with van der Waals surface area (Å²) in [7, 11) is 1.72. The topological polar surface area (TPSA) is 21.3 Å². The van der Waals surface area contributed by atoms with Crippen LogP contribution in [0.5, 0.6) is 0 Å². The Labute approximate surface area is 102 Å². The standard InChI is InChI=1S/C11H17NOS.ClH/c1-13-8-7-12-9-10-3-5-11(14-2)6-4-10;/h3-6,12H,7-9H2,1-2H3;1H. The molecule has 86 valence electrons. The monoisotopic (exact) mass is 247 g/mol. The first kappa shape index (κ1) is 14.8. The maximum absolute atomic E-state index is 4.95. The molecule has 0 aromatic heterocycles. The summed E-state index contributed by atoms with van der Waals surface area (Å²) in [5.41, 5.74) is 1.32. The molecule has 1 rings (SSSR count). The zero-order valence-corrected chi connectivity index (χ0v) is 10.8. The van der Waals surface area contributed by atoms with Crippen LogP contribution in [0.2, 0.25) is 0 Å². The second-order valence-corrected chi connectivity index (χ2v) is 3.90. The number of thioether (sulfide) groups is 1. The molecule has 0 unspecified atom stereocenters. The van der Waals surface area contributed by atoms with Gasteiger partial charge < -0.3 is 10.1 Å². The van der Waals surface area contributed by atoms with Gasteiger partial charge in [-0.15, -0.1) is 24.2 Å². The Kier molecular flexibility index (Phi) is 8.91. The van der Waals surface area contributed by atoms with E-state index < -0.39 is 0 Å². The third-order valence-corrected chi connectivity index (χ3v) is 2.71. The van der Waals surface area contributed by atoms with Crippen molar-refractivity contribution < 1.29 is 4.74 Å². The molecule has 1 aromatic rings. The number of hydrogen-bond acceptors (Lipinski definition) is 3. The lowest BCUT2D eigenvalue weighted by Gasteiger charge is -2.04. The van der Waals surface area contributed by atoms with E-state index in [4.69, 9.17) is 4.74 Å². The summed E-state index contributed by atoms with van der Waals surface area (Å²) < 4.78 is 4.95. The minimum absolute atomic E-state index is 0. The van der Waals surface area contributed by atoms with Crippen molar-refractivity contribution >= 4 is 24.2 Å². The number of nitrogens with one attached hydrogen (secondary N) is 1. The number of rotatable bonds is 6. The second-order valence-electron chi connectivity index (χ2n) is 3.02. The van der Waals surface area contributed by atoms with Crippen LogP contribution in [-0.4, -0.2) is 26.5 Å². The summed E-state index contributed by atoms with van der Waals surface area (Å²) in [6, 6.07) is 8.62. The first-order valence-corrected chi connectivity index (χ1v) is 5.92. The van der Waals surface area contributed by atoms with E-state index in [1.165, 1.54) is 10.5 Å². The fourth-order valence-electron chi connectivity index (χ4n) is 1.15. The summed E-state index contributed by atoms with van der Waals surface area (Å²) in [6.45, 7) is 2.59. The largest absolute Gasteiger partial charge is 0.383 e. The molecule has 0 atom stereocenters. The van der Waals surface area contributed by atoms with E-state index >= 15 is 0 Å². The van der Waals surface area contributed by atoms with E-state index in [9.17, 15) is 0 Å². The number of methoxy groups -OCH3 is 1. The molecule has 0 amide bonds. The average Bonchev–Trinajstić information content (AvgIpc) is 2.25.